The van der Waals surface area contributed by atoms with Gasteiger partial charge in [-0.3, -0.25) is 14.4 Å². The van der Waals surface area contributed by atoms with Gasteiger partial charge < -0.3 is 25.4 Å². The summed E-state index contributed by atoms with van der Waals surface area (Å²) in [6.45, 7) is 11.8. The summed E-state index contributed by atoms with van der Waals surface area (Å²) in [4.78, 5) is 40.5. The van der Waals surface area contributed by atoms with Crippen molar-refractivity contribution in [3.63, 3.8) is 0 Å². The number of rotatable bonds is 14. The van der Waals surface area contributed by atoms with Crippen LogP contribution in [0.25, 0.3) is 0 Å². The van der Waals surface area contributed by atoms with E-state index in [2.05, 4.69) is 31.4 Å². The summed E-state index contributed by atoms with van der Waals surface area (Å²) < 4.78 is 5.85. The molecule has 1 aliphatic rings. The van der Waals surface area contributed by atoms with Gasteiger partial charge in [0, 0.05) is 42.7 Å². The average Bonchev–Trinajstić information content (AvgIpc) is 3.36. The number of ether oxygens (including phenoxy) is 1. The number of hydrogen-bond donors (Lipinski definition) is 3. The molecule has 1 heterocycles. The Balaban J connectivity index is 1.78. The fourth-order valence-electron chi connectivity index (χ4n) is 4.87. The van der Waals surface area contributed by atoms with Crippen LogP contribution in [0, 0.1) is 11.3 Å². The maximum atomic E-state index is 13.6. The van der Waals surface area contributed by atoms with Crippen molar-refractivity contribution in [2.24, 2.45) is 11.3 Å². The smallest absolute Gasteiger partial charge is 0.251 e. The zero-order valence-corrected chi connectivity index (χ0v) is 25.2. The minimum absolute atomic E-state index is 0.0242. The van der Waals surface area contributed by atoms with Gasteiger partial charge in [0.1, 0.15) is 5.75 Å². The summed E-state index contributed by atoms with van der Waals surface area (Å²) in [5, 5.41) is 17.3. The number of hydrogen-bond acceptors (Lipinski definition) is 5. The van der Waals surface area contributed by atoms with Crippen LogP contribution in [0.2, 0.25) is 0 Å². The largest absolute Gasteiger partial charge is 0.494 e. The first-order valence-corrected chi connectivity index (χ1v) is 14.9. The molecule has 0 bridgehead atoms. The number of carbonyl (C=O) groups is 3. The van der Waals surface area contributed by atoms with E-state index in [1.807, 2.05) is 37.3 Å². The molecule has 0 aromatic heterocycles. The van der Waals surface area contributed by atoms with Gasteiger partial charge in [0.2, 0.25) is 11.8 Å². The van der Waals surface area contributed by atoms with Crippen molar-refractivity contribution in [3.05, 3.63) is 59.7 Å². The lowest BCUT2D eigenvalue weighted by molar-refractivity contribution is -0.125. The molecule has 3 N–H and O–H groups in total. The lowest BCUT2D eigenvalue weighted by atomic mass is 9.91. The zero-order valence-electron chi connectivity index (χ0n) is 25.2. The van der Waals surface area contributed by atoms with Crippen molar-refractivity contribution in [2.45, 2.75) is 85.3 Å². The molecule has 0 saturated carbocycles. The van der Waals surface area contributed by atoms with E-state index in [0.29, 0.717) is 49.5 Å². The predicted octanol–water partition coefficient (Wildman–Crippen LogP) is 4.88. The second-order valence-electron chi connectivity index (χ2n) is 12.3. The minimum Gasteiger partial charge on any atom is -0.494 e. The molecule has 0 aliphatic carbocycles. The molecule has 3 atom stereocenters. The molecule has 224 valence electrons. The van der Waals surface area contributed by atoms with Gasteiger partial charge in [-0.05, 0) is 55.2 Å². The van der Waals surface area contributed by atoms with Gasteiger partial charge in [-0.1, -0.05) is 65.0 Å². The summed E-state index contributed by atoms with van der Waals surface area (Å²) in [7, 11) is 0. The third-order valence-corrected chi connectivity index (χ3v) is 7.31. The van der Waals surface area contributed by atoms with Gasteiger partial charge in [-0.2, -0.15) is 0 Å². The van der Waals surface area contributed by atoms with Crippen LogP contribution >= 0.6 is 0 Å². The Kier molecular flexibility index (Phi) is 11.8. The van der Waals surface area contributed by atoms with Crippen molar-refractivity contribution >= 4 is 23.4 Å². The van der Waals surface area contributed by atoms with Gasteiger partial charge in [0.05, 0.1) is 18.8 Å². The van der Waals surface area contributed by atoms with E-state index in [9.17, 15) is 19.5 Å². The number of benzene rings is 2. The number of aliphatic hydroxyl groups excluding tert-OH is 1. The first-order chi connectivity index (χ1) is 19.5. The second kappa shape index (κ2) is 15.0. The first kappa shape index (κ1) is 32.1. The van der Waals surface area contributed by atoms with Crippen LogP contribution in [-0.4, -0.2) is 54.7 Å². The lowest BCUT2D eigenvalue weighted by Gasteiger charge is -2.27. The Morgan fingerprint density at radius 2 is 1.85 bits per heavy atom. The molecule has 8 heteroatoms. The molecule has 0 unspecified atom stereocenters. The molecular weight excluding hydrogens is 518 g/mol. The SMILES string of the molecule is CCCOc1cc(C(=O)N[C@@H](Cc2ccccc2)[C@H](O)C[C@@H](C)C(=O)NCCC(C)(C)C)cc(N2CCCC2=O)c1. The molecule has 8 nitrogen and oxygen atoms in total. The van der Waals surface area contributed by atoms with E-state index in [4.69, 9.17) is 4.74 Å². The summed E-state index contributed by atoms with van der Waals surface area (Å²) in [6, 6.07) is 14.2. The van der Waals surface area contributed by atoms with Crippen molar-refractivity contribution in [3.8, 4) is 5.75 Å². The van der Waals surface area contributed by atoms with E-state index >= 15 is 0 Å². The molecule has 2 aromatic carbocycles. The monoisotopic (exact) mass is 565 g/mol. The van der Waals surface area contributed by atoms with Crippen LogP contribution in [0.4, 0.5) is 5.69 Å². The first-order valence-electron chi connectivity index (χ1n) is 14.9. The molecule has 41 heavy (non-hydrogen) atoms. The highest BCUT2D eigenvalue weighted by molar-refractivity contribution is 5.99. The van der Waals surface area contributed by atoms with Gasteiger partial charge in [0.15, 0.2) is 0 Å². The van der Waals surface area contributed by atoms with Gasteiger partial charge in [-0.25, -0.2) is 0 Å². The number of carbonyl (C=O) groups excluding carboxylic acids is 3. The molecule has 3 amide bonds. The van der Waals surface area contributed by atoms with Crippen molar-refractivity contribution in [1.29, 1.82) is 0 Å². The van der Waals surface area contributed by atoms with Gasteiger partial charge >= 0.3 is 0 Å². The highest BCUT2D eigenvalue weighted by atomic mass is 16.5. The summed E-state index contributed by atoms with van der Waals surface area (Å²) >= 11 is 0. The quantitative estimate of drug-likeness (QED) is 0.303. The lowest BCUT2D eigenvalue weighted by Crippen LogP contribution is -2.46. The van der Waals surface area contributed by atoms with Crippen LogP contribution in [0.5, 0.6) is 5.75 Å². The predicted molar refractivity (Wildman–Crippen MR) is 162 cm³/mol. The zero-order chi connectivity index (χ0) is 30.0. The highest BCUT2D eigenvalue weighted by Gasteiger charge is 2.28. The standard InChI is InChI=1S/C33H47N3O5/c1-6-17-41-27-21-25(20-26(22-27)36-16-10-13-30(36)38)32(40)35-28(19-24-11-8-7-9-12-24)29(37)18-23(2)31(39)34-15-14-33(3,4)5/h7-9,11-12,20-23,28-29,37H,6,10,13-19H2,1-5H3,(H,34,39)(H,35,40)/t23-,28+,29-/m1/s1. The molecule has 1 saturated heterocycles. The summed E-state index contributed by atoms with van der Waals surface area (Å²) in [5.74, 6) is -0.370. The number of amides is 3. The van der Waals surface area contributed by atoms with Crippen molar-refractivity contribution < 1.29 is 24.2 Å². The fourth-order valence-corrected chi connectivity index (χ4v) is 4.87. The second-order valence-corrected chi connectivity index (χ2v) is 12.3. The van der Waals surface area contributed by atoms with Gasteiger partial charge in [0.25, 0.3) is 5.91 Å². The Labute approximate surface area is 244 Å². The van der Waals surface area contributed by atoms with Crippen LogP contribution in [0.15, 0.2) is 48.5 Å². The maximum Gasteiger partial charge on any atom is 0.251 e. The molecular formula is C33H47N3O5. The molecule has 0 radical (unpaired) electrons. The fraction of sp³-hybridized carbons (Fsp3) is 0.545. The van der Waals surface area contributed by atoms with E-state index in [1.54, 1.807) is 30.0 Å². The highest BCUT2D eigenvalue weighted by Crippen LogP contribution is 2.28. The van der Waals surface area contributed by atoms with Gasteiger partial charge in [-0.15, -0.1) is 0 Å². The Morgan fingerprint density at radius 3 is 2.49 bits per heavy atom. The topological polar surface area (TPSA) is 108 Å². The molecule has 2 aromatic rings. The van der Waals surface area contributed by atoms with E-state index in [1.165, 1.54) is 0 Å². The normalized spacial score (nSPS) is 15.8. The number of nitrogens with zero attached hydrogens (tertiary/aromatic N) is 1. The minimum atomic E-state index is -0.957. The summed E-state index contributed by atoms with van der Waals surface area (Å²) in [6.07, 6.45) is 2.56. The molecule has 1 fully saturated rings. The van der Waals surface area contributed by atoms with E-state index < -0.39 is 18.1 Å². The Morgan fingerprint density at radius 1 is 1.12 bits per heavy atom. The third kappa shape index (κ3) is 10.2. The van der Waals surface area contributed by atoms with Crippen LogP contribution in [0.1, 0.15) is 82.6 Å². The van der Waals surface area contributed by atoms with Crippen molar-refractivity contribution in [2.75, 3.05) is 24.6 Å². The number of anilines is 1. The van der Waals surface area contributed by atoms with E-state index in [-0.39, 0.29) is 29.6 Å². The van der Waals surface area contributed by atoms with Crippen LogP contribution in [0.3, 0.4) is 0 Å². The maximum absolute atomic E-state index is 13.6. The number of nitrogens with one attached hydrogen (secondary N) is 2. The Hall–Kier alpha value is -3.39. The van der Waals surface area contributed by atoms with Crippen molar-refractivity contribution in [1.82, 2.24) is 10.6 Å². The van der Waals surface area contributed by atoms with Crippen LogP contribution in [-0.2, 0) is 16.0 Å². The molecule has 1 aliphatic heterocycles. The van der Waals surface area contributed by atoms with E-state index in [0.717, 1.165) is 24.8 Å². The molecule has 0 spiro atoms. The third-order valence-electron chi connectivity index (χ3n) is 7.31. The average molecular weight is 566 g/mol. The molecule has 3 rings (SSSR count). The Bertz CT molecular complexity index is 1160. The van der Waals surface area contributed by atoms with Crippen LogP contribution < -0.4 is 20.3 Å². The number of aliphatic hydroxyl groups is 1. The summed E-state index contributed by atoms with van der Waals surface area (Å²) in [5.41, 5.74) is 2.06.